The first-order chi connectivity index (χ1) is 8.65. The average Bonchev–Trinajstić information content (AvgIpc) is 2.41. The Morgan fingerprint density at radius 1 is 1.33 bits per heavy atom. The molecule has 1 heterocycles. The second-order valence-electron chi connectivity index (χ2n) is 5.34. The Morgan fingerprint density at radius 2 is 2.06 bits per heavy atom. The molecule has 0 radical (unpaired) electrons. The molecule has 1 saturated carbocycles. The molecule has 0 atom stereocenters. The highest BCUT2D eigenvalue weighted by molar-refractivity contribution is 9.10. The summed E-state index contributed by atoms with van der Waals surface area (Å²) in [4.78, 5) is 4.48. The number of aromatic nitrogens is 1. The molecule has 0 bridgehead atoms. The molecular formula is C14H21BrN2O. The molecule has 0 saturated heterocycles. The van der Waals surface area contributed by atoms with Crippen LogP contribution in [0.15, 0.2) is 16.6 Å². The van der Waals surface area contributed by atoms with E-state index in [1.54, 1.807) is 0 Å². The van der Waals surface area contributed by atoms with Crippen LogP contribution < -0.4 is 5.32 Å². The standard InChI is InChI=1S/C14H21BrN2O/c1-11-12(15)5-6-13(17-11)16-9-14(10-18)7-3-2-4-8-14/h5-6,18H,2-4,7-10H2,1H3,(H,16,17). The fourth-order valence-corrected chi connectivity index (χ4v) is 2.83. The summed E-state index contributed by atoms with van der Waals surface area (Å²) in [5, 5.41) is 13.0. The van der Waals surface area contributed by atoms with Gasteiger partial charge in [-0.15, -0.1) is 0 Å². The van der Waals surface area contributed by atoms with Crippen molar-refractivity contribution in [2.24, 2.45) is 5.41 Å². The molecule has 1 aromatic rings. The number of nitrogens with one attached hydrogen (secondary N) is 1. The zero-order valence-electron chi connectivity index (χ0n) is 10.9. The van der Waals surface area contributed by atoms with Gasteiger partial charge in [0.15, 0.2) is 0 Å². The van der Waals surface area contributed by atoms with Crippen molar-refractivity contribution in [3.05, 3.63) is 22.3 Å². The second kappa shape index (κ2) is 6.02. The maximum atomic E-state index is 9.65. The van der Waals surface area contributed by atoms with Crippen molar-refractivity contribution in [1.82, 2.24) is 4.98 Å². The third-order valence-corrected chi connectivity index (χ3v) is 4.75. The topological polar surface area (TPSA) is 45.2 Å². The molecule has 0 amide bonds. The third kappa shape index (κ3) is 3.23. The molecule has 0 aromatic carbocycles. The van der Waals surface area contributed by atoms with Crippen molar-refractivity contribution in [3.8, 4) is 0 Å². The highest BCUT2D eigenvalue weighted by Crippen LogP contribution is 2.35. The van der Waals surface area contributed by atoms with Crippen LogP contribution in [0.25, 0.3) is 0 Å². The fraction of sp³-hybridized carbons (Fsp3) is 0.643. The molecule has 100 valence electrons. The summed E-state index contributed by atoms with van der Waals surface area (Å²) >= 11 is 3.45. The van der Waals surface area contributed by atoms with Crippen LogP contribution in [0.3, 0.4) is 0 Å². The third-order valence-electron chi connectivity index (χ3n) is 3.92. The van der Waals surface area contributed by atoms with Crippen molar-refractivity contribution >= 4 is 21.7 Å². The molecule has 1 fully saturated rings. The number of hydrogen-bond donors (Lipinski definition) is 2. The number of halogens is 1. The minimum Gasteiger partial charge on any atom is -0.396 e. The van der Waals surface area contributed by atoms with Gasteiger partial charge in [0.2, 0.25) is 0 Å². The molecule has 2 N–H and O–H groups in total. The van der Waals surface area contributed by atoms with E-state index < -0.39 is 0 Å². The van der Waals surface area contributed by atoms with Crippen LogP contribution in [-0.2, 0) is 0 Å². The van der Waals surface area contributed by atoms with E-state index >= 15 is 0 Å². The molecule has 0 unspecified atom stereocenters. The minimum absolute atomic E-state index is 0.0565. The molecular weight excluding hydrogens is 292 g/mol. The zero-order chi connectivity index (χ0) is 13.0. The van der Waals surface area contributed by atoms with Gasteiger partial charge in [0.1, 0.15) is 5.82 Å². The highest BCUT2D eigenvalue weighted by Gasteiger charge is 2.31. The van der Waals surface area contributed by atoms with Crippen molar-refractivity contribution in [2.45, 2.75) is 39.0 Å². The Balaban J connectivity index is 1.98. The SMILES string of the molecule is Cc1nc(NCC2(CO)CCCCC2)ccc1Br. The summed E-state index contributed by atoms with van der Waals surface area (Å²) in [6.07, 6.45) is 6.00. The van der Waals surface area contributed by atoms with Gasteiger partial charge in [0, 0.05) is 16.4 Å². The number of anilines is 1. The van der Waals surface area contributed by atoms with Gasteiger partial charge >= 0.3 is 0 Å². The lowest BCUT2D eigenvalue weighted by atomic mass is 9.74. The second-order valence-corrected chi connectivity index (χ2v) is 6.19. The Bertz CT molecular complexity index is 403. The van der Waals surface area contributed by atoms with Crippen molar-refractivity contribution < 1.29 is 5.11 Å². The Morgan fingerprint density at radius 3 is 2.67 bits per heavy atom. The van der Waals surface area contributed by atoms with E-state index in [2.05, 4.69) is 26.2 Å². The van der Waals surface area contributed by atoms with Crippen molar-refractivity contribution in [3.63, 3.8) is 0 Å². The summed E-state index contributed by atoms with van der Waals surface area (Å²) in [7, 11) is 0. The first-order valence-corrected chi connectivity index (χ1v) is 7.42. The molecule has 0 spiro atoms. The van der Waals surface area contributed by atoms with E-state index in [1.807, 2.05) is 19.1 Å². The van der Waals surface area contributed by atoms with E-state index in [9.17, 15) is 5.11 Å². The van der Waals surface area contributed by atoms with E-state index in [4.69, 9.17) is 0 Å². The first kappa shape index (κ1) is 13.8. The van der Waals surface area contributed by atoms with Crippen molar-refractivity contribution in [2.75, 3.05) is 18.5 Å². The van der Waals surface area contributed by atoms with Crippen LogP contribution in [0, 0.1) is 12.3 Å². The number of rotatable bonds is 4. The van der Waals surface area contributed by atoms with Gasteiger partial charge < -0.3 is 10.4 Å². The van der Waals surface area contributed by atoms with Gasteiger partial charge in [0.25, 0.3) is 0 Å². The van der Waals surface area contributed by atoms with Crippen LogP contribution in [0.5, 0.6) is 0 Å². The monoisotopic (exact) mass is 312 g/mol. The summed E-state index contributed by atoms with van der Waals surface area (Å²) in [5.74, 6) is 0.897. The molecule has 1 aliphatic rings. The summed E-state index contributed by atoms with van der Waals surface area (Å²) in [6.45, 7) is 3.07. The largest absolute Gasteiger partial charge is 0.396 e. The lowest BCUT2D eigenvalue weighted by Gasteiger charge is -2.35. The number of aliphatic hydroxyl groups is 1. The summed E-state index contributed by atoms with van der Waals surface area (Å²) in [6, 6.07) is 3.99. The van der Waals surface area contributed by atoms with Gasteiger partial charge in [-0.1, -0.05) is 19.3 Å². The molecule has 1 aromatic heterocycles. The highest BCUT2D eigenvalue weighted by atomic mass is 79.9. The summed E-state index contributed by atoms with van der Waals surface area (Å²) < 4.78 is 1.03. The van der Waals surface area contributed by atoms with E-state index in [0.29, 0.717) is 0 Å². The zero-order valence-corrected chi connectivity index (χ0v) is 12.5. The number of aliphatic hydroxyl groups excluding tert-OH is 1. The molecule has 4 heteroatoms. The van der Waals surface area contributed by atoms with Gasteiger partial charge in [-0.3, -0.25) is 0 Å². The number of nitrogens with zero attached hydrogens (tertiary/aromatic N) is 1. The van der Waals surface area contributed by atoms with Crippen LogP contribution >= 0.6 is 15.9 Å². The molecule has 1 aliphatic carbocycles. The Kier molecular flexibility index (Phi) is 4.62. The molecule has 2 rings (SSSR count). The molecule has 3 nitrogen and oxygen atoms in total. The van der Waals surface area contributed by atoms with E-state index in [0.717, 1.165) is 35.4 Å². The van der Waals surface area contributed by atoms with Crippen LogP contribution in [0.2, 0.25) is 0 Å². The predicted molar refractivity (Wildman–Crippen MR) is 77.8 cm³/mol. The fourth-order valence-electron chi connectivity index (χ4n) is 2.61. The molecule has 18 heavy (non-hydrogen) atoms. The maximum absolute atomic E-state index is 9.65. The Hall–Kier alpha value is -0.610. The number of pyridine rings is 1. The summed E-state index contributed by atoms with van der Waals surface area (Å²) in [5.41, 5.74) is 1.04. The van der Waals surface area contributed by atoms with Gasteiger partial charge in [-0.2, -0.15) is 0 Å². The van der Waals surface area contributed by atoms with Gasteiger partial charge in [0.05, 0.1) is 12.3 Å². The minimum atomic E-state index is 0.0565. The predicted octanol–water partition coefficient (Wildman–Crippen LogP) is 3.51. The average molecular weight is 313 g/mol. The van der Waals surface area contributed by atoms with Gasteiger partial charge in [-0.05, 0) is 47.8 Å². The van der Waals surface area contributed by atoms with Crippen LogP contribution in [-0.4, -0.2) is 23.2 Å². The van der Waals surface area contributed by atoms with Crippen LogP contribution in [0.4, 0.5) is 5.82 Å². The quantitative estimate of drug-likeness (QED) is 0.894. The number of aryl methyl sites for hydroxylation is 1. The first-order valence-electron chi connectivity index (χ1n) is 6.63. The van der Waals surface area contributed by atoms with Gasteiger partial charge in [-0.25, -0.2) is 4.98 Å². The lowest BCUT2D eigenvalue weighted by molar-refractivity contribution is 0.0943. The van der Waals surface area contributed by atoms with Crippen molar-refractivity contribution in [1.29, 1.82) is 0 Å². The smallest absolute Gasteiger partial charge is 0.126 e. The Labute approximate surface area is 117 Å². The normalized spacial score (nSPS) is 18.6. The lowest BCUT2D eigenvalue weighted by Crippen LogP contribution is -2.35. The van der Waals surface area contributed by atoms with E-state index in [-0.39, 0.29) is 12.0 Å². The number of hydrogen-bond acceptors (Lipinski definition) is 3. The van der Waals surface area contributed by atoms with Crippen LogP contribution in [0.1, 0.15) is 37.8 Å². The maximum Gasteiger partial charge on any atom is 0.126 e. The molecule has 0 aliphatic heterocycles. The van der Waals surface area contributed by atoms with E-state index in [1.165, 1.54) is 19.3 Å².